The summed E-state index contributed by atoms with van der Waals surface area (Å²) in [6.07, 6.45) is 4.07. The van der Waals surface area contributed by atoms with Crippen LogP contribution in [-0.4, -0.2) is 46.6 Å². The lowest BCUT2D eigenvalue weighted by molar-refractivity contribution is 0.0375. The minimum atomic E-state index is -0.623. The number of hydrogen-bond donors (Lipinski definition) is 2. The lowest BCUT2D eigenvalue weighted by Crippen LogP contribution is -2.37. The Morgan fingerprint density at radius 1 is 1.18 bits per heavy atom. The van der Waals surface area contributed by atoms with Gasteiger partial charge in [-0.25, -0.2) is 0 Å². The van der Waals surface area contributed by atoms with Gasteiger partial charge in [0.25, 0.3) is 0 Å². The molecule has 0 heterocycles. The van der Waals surface area contributed by atoms with Gasteiger partial charge in [-0.1, -0.05) is 38.8 Å². The van der Waals surface area contributed by atoms with E-state index in [2.05, 4.69) is 20.4 Å². The molecule has 0 fully saturated rings. The van der Waals surface area contributed by atoms with Gasteiger partial charge in [0.15, 0.2) is 0 Å². The summed E-state index contributed by atoms with van der Waals surface area (Å²) in [6.45, 7) is 10.2. The molecule has 0 rings (SSSR count). The summed E-state index contributed by atoms with van der Waals surface area (Å²) < 4.78 is 0. The van der Waals surface area contributed by atoms with Crippen molar-refractivity contribution in [3.63, 3.8) is 0 Å². The summed E-state index contributed by atoms with van der Waals surface area (Å²) >= 11 is 0. The van der Waals surface area contributed by atoms with Crippen molar-refractivity contribution < 1.29 is 10.2 Å². The normalized spacial score (nSPS) is 17.9. The zero-order valence-corrected chi connectivity index (χ0v) is 13.4. The van der Waals surface area contributed by atoms with Crippen molar-refractivity contribution in [3.8, 4) is 0 Å². The minimum Gasteiger partial charge on any atom is -0.390 e. The van der Waals surface area contributed by atoms with E-state index in [0.717, 1.165) is 45.5 Å². The van der Waals surface area contributed by atoms with Gasteiger partial charge in [0.05, 0.1) is 12.2 Å². The van der Waals surface area contributed by atoms with Gasteiger partial charge in [0.1, 0.15) is 0 Å². The first-order valence-electron chi connectivity index (χ1n) is 6.50. The maximum absolute atomic E-state index is 10.2. The van der Waals surface area contributed by atoms with E-state index < -0.39 is 12.2 Å². The highest BCUT2D eigenvalue weighted by molar-refractivity contribution is 7.39. The van der Waals surface area contributed by atoms with Gasteiger partial charge in [-0.05, 0) is 25.4 Å². The second-order valence-electron chi connectivity index (χ2n) is 4.54. The molecule has 0 aromatic heterocycles. The highest BCUT2D eigenvalue weighted by Crippen LogP contribution is 2.31. The molecule has 0 aliphatic rings. The van der Waals surface area contributed by atoms with Crippen LogP contribution in [0, 0.1) is 0 Å². The summed E-state index contributed by atoms with van der Waals surface area (Å²) in [5.41, 5.74) is 1.08. The molecule has 0 aromatic rings. The van der Waals surface area contributed by atoms with E-state index in [1.807, 2.05) is 6.92 Å². The zero-order valence-electron chi connectivity index (χ0n) is 11.4. The summed E-state index contributed by atoms with van der Waals surface area (Å²) in [7, 11) is 1.43. The van der Waals surface area contributed by atoms with Crippen molar-refractivity contribution in [2.45, 2.75) is 51.5 Å². The molecular formula is C13H28O2P2. The quantitative estimate of drug-likeness (QED) is 0.366. The smallest absolute Gasteiger partial charge is 0.0904 e. The van der Waals surface area contributed by atoms with Crippen molar-refractivity contribution in [2.24, 2.45) is 0 Å². The first-order chi connectivity index (χ1) is 8.04. The predicted octanol–water partition coefficient (Wildman–Crippen LogP) is 2.83. The van der Waals surface area contributed by atoms with Gasteiger partial charge in [0.2, 0.25) is 0 Å². The molecule has 102 valence electrons. The monoisotopic (exact) mass is 278 g/mol. The molecule has 0 amide bonds. The van der Waals surface area contributed by atoms with Crippen LogP contribution in [0.2, 0.25) is 0 Å². The maximum atomic E-state index is 10.2. The van der Waals surface area contributed by atoms with Crippen molar-refractivity contribution in [1.29, 1.82) is 0 Å². The van der Waals surface area contributed by atoms with E-state index in [-0.39, 0.29) is 5.66 Å². The van der Waals surface area contributed by atoms with Crippen LogP contribution >= 0.6 is 17.2 Å². The van der Waals surface area contributed by atoms with Crippen LogP contribution < -0.4 is 0 Å². The fourth-order valence-corrected chi connectivity index (χ4v) is 4.16. The van der Waals surface area contributed by atoms with Crippen molar-refractivity contribution in [3.05, 3.63) is 12.2 Å². The zero-order chi connectivity index (χ0) is 13.3. The topological polar surface area (TPSA) is 40.5 Å². The second-order valence-corrected chi connectivity index (χ2v) is 7.48. The summed E-state index contributed by atoms with van der Waals surface area (Å²) in [4.78, 5) is 0. The number of rotatable bonds is 10. The van der Waals surface area contributed by atoms with Gasteiger partial charge in [-0.3, -0.25) is 0 Å². The second kappa shape index (κ2) is 10.4. The van der Waals surface area contributed by atoms with Crippen LogP contribution in [-0.2, 0) is 0 Å². The fraction of sp³-hybridized carbons (Fsp3) is 0.846. The maximum Gasteiger partial charge on any atom is 0.0904 e. The molecule has 2 nitrogen and oxygen atoms in total. The summed E-state index contributed by atoms with van der Waals surface area (Å²) in [5.74, 6) is 0. The SMILES string of the molecule is C=C(C)C(PCCC)C(O)C(O)CPCCC. The molecule has 0 bridgehead atoms. The third kappa shape index (κ3) is 7.52. The molecule has 0 saturated heterocycles. The summed E-state index contributed by atoms with van der Waals surface area (Å²) in [5, 5.41) is 20.2. The van der Waals surface area contributed by atoms with Crippen LogP contribution in [0.4, 0.5) is 0 Å². The first-order valence-corrected chi connectivity index (χ1v) is 9.20. The van der Waals surface area contributed by atoms with Gasteiger partial charge in [-0.2, -0.15) is 0 Å². The standard InChI is InChI=1S/C13H28O2P2/c1-5-7-16-9-11(14)12(15)13(10(3)4)17-8-6-2/h11-17H,3,5-9H2,1-2,4H3. The Morgan fingerprint density at radius 3 is 2.24 bits per heavy atom. The van der Waals surface area contributed by atoms with E-state index in [1.165, 1.54) is 0 Å². The molecule has 5 unspecified atom stereocenters. The van der Waals surface area contributed by atoms with Gasteiger partial charge in [-0.15, -0.1) is 17.2 Å². The fourth-order valence-electron chi connectivity index (χ4n) is 1.66. The third-order valence-electron chi connectivity index (χ3n) is 2.66. The van der Waals surface area contributed by atoms with E-state index in [4.69, 9.17) is 0 Å². The highest BCUT2D eigenvalue weighted by Gasteiger charge is 2.26. The van der Waals surface area contributed by atoms with E-state index in [1.54, 1.807) is 0 Å². The lowest BCUT2D eigenvalue weighted by Gasteiger charge is -2.27. The largest absolute Gasteiger partial charge is 0.390 e. The number of aliphatic hydroxyl groups is 2. The Morgan fingerprint density at radius 2 is 1.76 bits per heavy atom. The van der Waals surface area contributed by atoms with E-state index in [0.29, 0.717) is 8.58 Å². The van der Waals surface area contributed by atoms with Gasteiger partial charge < -0.3 is 10.2 Å². The predicted molar refractivity (Wildman–Crippen MR) is 82.4 cm³/mol. The summed E-state index contributed by atoms with van der Waals surface area (Å²) in [6, 6.07) is 0. The van der Waals surface area contributed by atoms with Crippen LogP contribution in [0.15, 0.2) is 12.2 Å². The third-order valence-corrected chi connectivity index (χ3v) is 6.28. The van der Waals surface area contributed by atoms with E-state index in [9.17, 15) is 10.2 Å². The van der Waals surface area contributed by atoms with Crippen LogP contribution in [0.1, 0.15) is 33.6 Å². The molecule has 0 aliphatic carbocycles. The van der Waals surface area contributed by atoms with Gasteiger partial charge in [0, 0.05) is 5.66 Å². The van der Waals surface area contributed by atoms with E-state index >= 15 is 0 Å². The number of hydrogen-bond acceptors (Lipinski definition) is 2. The molecule has 0 aromatic carbocycles. The Labute approximate surface area is 110 Å². The average Bonchev–Trinajstić information content (AvgIpc) is 2.29. The van der Waals surface area contributed by atoms with Crippen molar-refractivity contribution in [2.75, 3.05) is 18.5 Å². The Balaban J connectivity index is 4.18. The molecule has 0 aliphatic heterocycles. The van der Waals surface area contributed by atoms with Gasteiger partial charge >= 0.3 is 0 Å². The minimum absolute atomic E-state index is 0.0800. The molecule has 0 saturated carbocycles. The van der Waals surface area contributed by atoms with Crippen LogP contribution in [0.25, 0.3) is 0 Å². The van der Waals surface area contributed by atoms with Crippen LogP contribution in [0.3, 0.4) is 0 Å². The van der Waals surface area contributed by atoms with Crippen molar-refractivity contribution >= 4 is 17.2 Å². The molecule has 0 spiro atoms. The lowest BCUT2D eigenvalue weighted by atomic mass is 10.1. The average molecular weight is 278 g/mol. The molecule has 0 radical (unpaired) electrons. The molecule has 4 heteroatoms. The first kappa shape index (κ1) is 17.5. The molecule has 2 N–H and O–H groups in total. The Hall–Kier alpha value is 0.520. The Bertz CT molecular complexity index is 210. The highest BCUT2D eigenvalue weighted by atomic mass is 31.1. The molecule has 5 atom stereocenters. The number of aliphatic hydroxyl groups excluding tert-OH is 2. The van der Waals surface area contributed by atoms with Crippen molar-refractivity contribution in [1.82, 2.24) is 0 Å². The van der Waals surface area contributed by atoms with Crippen LogP contribution in [0.5, 0.6) is 0 Å². The molecular weight excluding hydrogens is 250 g/mol. The molecule has 17 heavy (non-hydrogen) atoms. The Kier molecular flexibility index (Phi) is 10.8.